The highest BCUT2D eigenvalue weighted by atomic mass is 35.5. The summed E-state index contributed by atoms with van der Waals surface area (Å²) in [7, 11) is 0. The van der Waals surface area contributed by atoms with Crippen LogP contribution in [0.3, 0.4) is 0 Å². The summed E-state index contributed by atoms with van der Waals surface area (Å²) in [6.07, 6.45) is 0. The monoisotopic (exact) mass is 230 g/mol. The Bertz CT molecular complexity index is 357. The van der Waals surface area contributed by atoms with Crippen LogP contribution in [0.5, 0.6) is 0 Å². The lowest BCUT2D eigenvalue weighted by atomic mass is 10.3. The number of benzene rings is 1. The van der Waals surface area contributed by atoms with E-state index in [0.29, 0.717) is 23.8 Å². The molecule has 0 saturated carbocycles. The number of halogens is 2. The van der Waals surface area contributed by atoms with Crippen molar-refractivity contribution in [1.29, 1.82) is 0 Å². The lowest BCUT2D eigenvalue weighted by Crippen LogP contribution is -2.26. The Balaban J connectivity index is 2.40. The van der Waals surface area contributed by atoms with E-state index in [1.165, 1.54) is 13.0 Å². The lowest BCUT2D eigenvalue weighted by molar-refractivity contribution is -0.118. The molecule has 0 saturated heterocycles. The first kappa shape index (κ1) is 11.8. The molecule has 2 N–H and O–H groups in total. The van der Waals surface area contributed by atoms with Gasteiger partial charge in [-0.05, 0) is 18.2 Å². The molecule has 1 aromatic rings. The van der Waals surface area contributed by atoms with Crippen molar-refractivity contribution in [2.24, 2.45) is 0 Å². The number of rotatable bonds is 4. The van der Waals surface area contributed by atoms with Gasteiger partial charge in [0.15, 0.2) is 0 Å². The van der Waals surface area contributed by atoms with Gasteiger partial charge >= 0.3 is 0 Å². The molecule has 5 heteroatoms. The maximum Gasteiger partial charge on any atom is 0.216 e. The molecule has 0 heterocycles. The molecule has 1 rings (SSSR count). The molecule has 0 atom stereocenters. The van der Waals surface area contributed by atoms with Crippen molar-refractivity contribution >= 4 is 23.2 Å². The topological polar surface area (TPSA) is 41.1 Å². The zero-order chi connectivity index (χ0) is 11.3. The largest absolute Gasteiger partial charge is 0.381 e. The van der Waals surface area contributed by atoms with E-state index >= 15 is 0 Å². The molecule has 0 aliphatic heterocycles. The fraction of sp³-hybridized carbons (Fsp3) is 0.300. The van der Waals surface area contributed by atoms with Gasteiger partial charge in [0.2, 0.25) is 5.91 Å². The SMILES string of the molecule is CC(=O)NCCNc1ccc(Cl)cc1F. The van der Waals surface area contributed by atoms with Gasteiger partial charge in [-0.15, -0.1) is 0 Å². The smallest absolute Gasteiger partial charge is 0.216 e. The number of anilines is 1. The van der Waals surface area contributed by atoms with Crippen molar-refractivity contribution in [2.75, 3.05) is 18.4 Å². The van der Waals surface area contributed by atoms with Crippen LogP contribution < -0.4 is 10.6 Å². The van der Waals surface area contributed by atoms with E-state index < -0.39 is 5.82 Å². The van der Waals surface area contributed by atoms with Gasteiger partial charge in [0.05, 0.1) is 5.69 Å². The quantitative estimate of drug-likeness (QED) is 0.778. The second kappa shape index (κ2) is 5.56. The van der Waals surface area contributed by atoms with E-state index in [2.05, 4.69) is 10.6 Å². The predicted molar refractivity (Wildman–Crippen MR) is 58.6 cm³/mol. The Morgan fingerprint density at radius 1 is 1.47 bits per heavy atom. The molecule has 0 aliphatic rings. The molecule has 1 amide bonds. The first-order valence-electron chi connectivity index (χ1n) is 4.53. The Morgan fingerprint density at radius 3 is 2.80 bits per heavy atom. The van der Waals surface area contributed by atoms with Crippen LogP contribution in [0, 0.1) is 5.82 Å². The van der Waals surface area contributed by atoms with Gasteiger partial charge in [-0.1, -0.05) is 11.6 Å². The third-order valence-electron chi connectivity index (χ3n) is 1.75. The fourth-order valence-electron chi connectivity index (χ4n) is 1.07. The van der Waals surface area contributed by atoms with Crippen molar-refractivity contribution in [1.82, 2.24) is 5.32 Å². The molecule has 0 fully saturated rings. The van der Waals surface area contributed by atoms with Crippen LogP contribution in [0.4, 0.5) is 10.1 Å². The summed E-state index contributed by atoms with van der Waals surface area (Å²) in [5.41, 5.74) is 0.379. The van der Waals surface area contributed by atoms with E-state index in [1.807, 2.05) is 0 Å². The van der Waals surface area contributed by atoms with Crippen LogP contribution in [-0.4, -0.2) is 19.0 Å². The van der Waals surface area contributed by atoms with Crippen LogP contribution in [0.15, 0.2) is 18.2 Å². The number of hydrogen-bond acceptors (Lipinski definition) is 2. The zero-order valence-corrected chi connectivity index (χ0v) is 9.07. The molecule has 0 unspecified atom stereocenters. The van der Waals surface area contributed by atoms with Gasteiger partial charge < -0.3 is 10.6 Å². The number of carbonyl (C=O) groups excluding carboxylic acids is 1. The van der Waals surface area contributed by atoms with E-state index in [0.717, 1.165) is 0 Å². The maximum absolute atomic E-state index is 13.2. The van der Waals surface area contributed by atoms with Gasteiger partial charge in [-0.25, -0.2) is 4.39 Å². The first-order chi connectivity index (χ1) is 7.09. The molecule has 15 heavy (non-hydrogen) atoms. The van der Waals surface area contributed by atoms with E-state index in [-0.39, 0.29) is 5.91 Å². The van der Waals surface area contributed by atoms with Crippen molar-refractivity contribution in [3.8, 4) is 0 Å². The fourth-order valence-corrected chi connectivity index (χ4v) is 1.23. The molecular weight excluding hydrogens is 219 g/mol. The van der Waals surface area contributed by atoms with Gasteiger partial charge in [0, 0.05) is 25.0 Å². The van der Waals surface area contributed by atoms with Gasteiger partial charge in [-0.3, -0.25) is 4.79 Å². The summed E-state index contributed by atoms with van der Waals surface area (Å²) in [6, 6.07) is 4.40. The van der Waals surface area contributed by atoms with Crippen molar-refractivity contribution in [3.05, 3.63) is 29.0 Å². The highest BCUT2D eigenvalue weighted by Crippen LogP contribution is 2.18. The Morgan fingerprint density at radius 2 is 2.20 bits per heavy atom. The van der Waals surface area contributed by atoms with E-state index in [4.69, 9.17) is 11.6 Å². The summed E-state index contributed by atoms with van der Waals surface area (Å²) in [6.45, 7) is 2.36. The molecule has 82 valence electrons. The normalized spacial score (nSPS) is 9.80. The standard InChI is InChI=1S/C10H12ClFN2O/c1-7(15)13-4-5-14-10-3-2-8(11)6-9(10)12/h2-3,6,14H,4-5H2,1H3,(H,13,15). The molecule has 0 spiro atoms. The first-order valence-corrected chi connectivity index (χ1v) is 4.91. The second-order valence-electron chi connectivity index (χ2n) is 3.03. The highest BCUT2D eigenvalue weighted by molar-refractivity contribution is 6.30. The maximum atomic E-state index is 13.2. The second-order valence-corrected chi connectivity index (χ2v) is 3.47. The molecule has 0 bridgehead atoms. The minimum atomic E-state index is -0.398. The average Bonchev–Trinajstić information content (AvgIpc) is 2.14. The molecule has 1 aromatic carbocycles. The number of nitrogens with one attached hydrogen (secondary N) is 2. The number of amides is 1. The number of hydrogen-bond donors (Lipinski definition) is 2. The molecule has 0 aliphatic carbocycles. The van der Waals surface area contributed by atoms with E-state index in [9.17, 15) is 9.18 Å². The molecule has 0 radical (unpaired) electrons. The predicted octanol–water partition coefficient (Wildman–Crippen LogP) is 2.03. The van der Waals surface area contributed by atoms with Crippen LogP contribution in [0.1, 0.15) is 6.92 Å². The van der Waals surface area contributed by atoms with Crippen LogP contribution in [0.2, 0.25) is 5.02 Å². The lowest BCUT2D eigenvalue weighted by Gasteiger charge is -2.07. The van der Waals surface area contributed by atoms with Crippen molar-refractivity contribution in [3.63, 3.8) is 0 Å². The zero-order valence-electron chi connectivity index (χ0n) is 8.31. The highest BCUT2D eigenvalue weighted by Gasteiger charge is 2.01. The summed E-state index contributed by atoms with van der Waals surface area (Å²) >= 11 is 5.60. The third kappa shape index (κ3) is 4.16. The van der Waals surface area contributed by atoms with Crippen molar-refractivity contribution < 1.29 is 9.18 Å². The minimum Gasteiger partial charge on any atom is -0.381 e. The van der Waals surface area contributed by atoms with Gasteiger partial charge in [0.25, 0.3) is 0 Å². The third-order valence-corrected chi connectivity index (χ3v) is 1.98. The minimum absolute atomic E-state index is 0.103. The Hall–Kier alpha value is -1.29. The van der Waals surface area contributed by atoms with Gasteiger partial charge in [0.1, 0.15) is 5.82 Å². The van der Waals surface area contributed by atoms with E-state index in [1.54, 1.807) is 12.1 Å². The summed E-state index contributed by atoms with van der Waals surface area (Å²) in [5, 5.41) is 5.80. The Labute approximate surface area is 92.6 Å². The van der Waals surface area contributed by atoms with Crippen LogP contribution in [0.25, 0.3) is 0 Å². The average molecular weight is 231 g/mol. The molecule has 0 aromatic heterocycles. The summed E-state index contributed by atoms with van der Waals surface area (Å²) in [5.74, 6) is -0.501. The van der Waals surface area contributed by atoms with Gasteiger partial charge in [-0.2, -0.15) is 0 Å². The van der Waals surface area contributed by atoms with Crippen LogP contribution >= 0.6 is 11.6 Å². The van der Waals surface area contributed by atoms with Crippen LogP contribution in [-0.2, 0) is 4.79 Å². The van der Waals surface area contributed by atoms with Crippen molar-refractivity contribution in [2.45, 2.75) is 6.92 Å². The molecule has 3 nitrogen and oxygen atoms in total. The number of carbonyl (C=O) groups is 1. The summed E-state index contributed by atoms with van der Waals surface area (Å²) in [4.78, 5) is 10.5. The summed E-state index contributed by atoms with van der Waals surface area (Å²) < 4.78 is 13.2. The molecular formula is C10H12ClFN2O. The Kier molecular flexibility index (Phi) is 4.37.